The molecule has 23 heavy (non-hydrogen) atoms. The summed E-state index contributed by atoms with van der Waals surface area (Å²) in [6.07, 6.45) is 3.95. The van der Waals surface area contributed by atoms with Gasteiger partial charge in [-0.05, 0) is 43.2 Å². The van der Waals surface area contributed by atoms with Gasteiger partial charge in [0.1, 0.15) is 0 Å². The van der Waals surface area contributed by atoms with Crippen LogP contribution < -0.4 is 0 Å². The molecule has 1 aromatic carbocycles. The van der Waals surface area contributed by atoms with Crippen LogP contribution in [0.25, 0.3) is 11.0 Å². The van der Waals surface area contributed by atoms with Gasteiger partial charge in [-0.1, -0.05) is 18.2 Å². The summed E-state index contributed by atoms with van der Waals surface area (Å²) in [5.74, 6) is 0.482. The minimum absolute atomic E-state index is 0.129. The van der Waals surface area contributed by atoms with Crippen LogP contribution in [0.5, 0.6) is 0 Å². The van der Waals surface area contributed by atoms with Gasteiger partial charge >= 0.3 is 0 Å². The zero-order chi connectivity index (χ0) is 15.6. The molecule has 1 aliphatic heterocycles. The summed E-state index contributed by atoms with van der Waals surface area (Å²) in [6.45, 7) is 1.60. The lowest BCUT2D eigenvalue weighted by Gasteiger charge is -2.32. The third kappa shape index (κ3) is 2.72. The van der Waals surface area contributed by atoms with Crippen molar-refractivity contribution in [3.05, 3.63) is 66.0 Å². The predicted octanol–water partition coefficient (Wildman–Crippen LogP) is 3.58. The quantitative estimate of drug-likeness (QED) is 0.786. The number of amides is 1. The third-order valence-corrected chi connectivity index (χ3v) is 4.58. The van der Waals surface area contributed by atoms with Crippen LogP contribution in [0.2, 0.25) is 0 Å². The van der Waals surface area contributed by atoms with E-state index in [9.17, 15) is 4.79 Å². The summed E-state index contributed by atoms with van der Waals surface area (Å²) in [5, 5.41) is 0. The Bertz CT molecular complexity index is 792. The number of piperidine rings is 1. The Hall–Kier alpha value is -2.62. The average Bonchev–Trinajstić information content (AvgIpc) is 3.06. The fourth-order valence-corrected chi connectivity index (χ4v) is 3.38. The number of carbonyl (C=O) groups excluding carboxylic acids is 1. The first-order chi connectivity index (χ1) is 11.3. The topological polar surface area (TPSA) is 49.0 Å². The van der Waals surface area contributed by atoms with Crippen LogP contribution in [-0.2, 0) is 0 Å². The number of rotatable bonds is 2. The number of hydrogen-bond acceptors (Lipinski definition) is 2. The van der Waals surface area contributed by atoms with Crippen molar-refractivity contribution < 1.29 is 4.79 Å². The van der Waals surface area contributed by atoms with Gasteiger partial charge in [0.15, 0.2) is 0 Å². The molecule has 3 aromatic rings. The van der Waals surface area contributed by atoms with Gasteiger partial charge in [0.25, 0.3) is 5.91 Å². The molecule has 0 saturated carbocycles. The van der Waals surface area contributed by atoms with E-state index < -0.39 is 0 Å². The Morgan fingerprint density at radius 3 is 2.87 bits per heavy atom. The summed E-state index contributed by atoms with van der Waals surface area (Å²) >= 11 is 0. The van der Waals surface area contributed by atoms with Crippen LogP contribution in [0.1, 0.15) is 34.8 Å². The molecule has 1 aliphatic rings. The summed E-state index contributed by atoms with van der Waals surface area (Å²) in [7, 11) is 0. The maximum atomic E-state index is 12.7. The number of aromatic amines is 1. The molecule has 0 radical (unpaired) electrons. The molecule has 0 bridgehead atoms. The lowest BCUT2D eigenvalue weighted by Crippen LogP contribution is -2.39. The first-order valence-electron chi connectivity index (χ1n) is 8.09. The van der Waals surface area contributed by atoms with Crippen molar-refractivity contribution in [2.45, 2.75) is 18.8 Å². The Balaban J connectivity index is 1.56. The maximum absolute atomic E-state index is 12.7. The SMILES string of the molecule is O=C(c1ccccc1)N1CCCC(c2cc3ncccc3[nH]2)C1. The second-order valence-corrected chi connectivity index (χ2v) is 6.12. The van der Waals surface area contributed by atoms with E-state index in [1.54, 1.807) is 0 Å². The zero-order valence-corrected chi connectivity index (χ0v) is 12.9. The second-order valence-electron chi connectivity index (χ2n) is 6.12. The summed E-state index contributed by atoms with van der Waals surface area (Å²) in [4.78, 5) is 22.5. The summed E-state index contributed by atoms with van der Waals surface area (Å²) in [6, 6.07) is 15.6. The molecule has 2 aromatic heterocycles. The first-order valence-corrected chi connectivity index (χ1v) is 8.09. The van der Waals surface area contributed by atoms with Crippen LogP contribution in [-0.4, -0.2) is 33.9 Å². The van der Waals surface area contributed by atoms with Gasteiger partial charge in [-0.2, -0.15) is 0 Å². The molecule has 4 heteroatoms. The Morgan fingerprint density at radius 1 is 1.17 bits per heavy atom. The number of nitrogens with one attached hydrogen (secondary N) is 1. The minimum atomic E-state index is 0.129. The number of H-pyrrole nitrogens is 1. The monoisotopic (exact) mass is 305 g/mol. The number of fused-ring (bicyclic) bond motifs is 1. The van der Waals surface area contributed by atoms with E-state index >= 15 is 0 Å². The normalized spacial score (nSPS) is 18.3. The highest BCUT2D eigenvalue weighted by atomic mass is 16.2. The fraction of sp³-hybridized carbons (Fsp3) is 0.263. The van der Waals surface area contributed by atoms with Gasteiger partial charge in [0.2, 0.25) is 0 Å². The lowest BCUT2D eigenvalue weighted by atomic mass is 9.94. The molecule has 1 fully saturated rings. The van der Waals surface area contributed by atoms with Gasteiger partial charge < -0.3 is 9.88 Å². The van der Waals surface area contributed by atoms with Gasteiger partial charge in [-0.25, -0.2) is 0 Å². The third-order valence-electron chi connectivity index (χ3n) is 4.58. The van der Waals surface area contributed by atoms with Crippen LogP contribution in [0, 0.1) is 0 Å². The Morgan fingerprint density at radius 2 is 2.04 bits per heavy atom. The van der Waals surface area contributed by atoms with E-state index in [0.29, 0.717) is 5.92 Å². The van der Waals surface area contributed by atoms with Gasteiger partial charge in [0, 0.05) is 36.5 Å². The van der Waals surface area contributed by atoms with Crippen molar-refractivity contribution in [2.24, 2.45) is 0 Å². The minimum Gasteiger partial charge on any atom is -0.357 e. The molecule has 1 saturated heterocycles. The molecule has 116 valence electrons. The number of pyridine rings is 1. The van der Waals surface area contributed by atoms with E-state index in [0.717, 1.165) is 42.5 Å². The Kier molecular flexibility index (Phi) is 3.58. The van der Waals surface area contributed by atoms with Crippen molar-refractivity contribution in [3.8, 4) is 0 Å². The maximum Gasteiger partial charge on any atom is 0.253 e. The summed E-state index contributed by atoms with van der Waals surface area (Å²) < 4.78 is 0. The van der Waals surface area contributed by atoms with Crippen molar-refractivity contribution in [1.82, 2.24) is 14.9 Å². The molecule has 0 spiro atoms. The van der Waals surface area contributed by atoms with Crippen molar-refractivity contribution in [2.75, 3.05) is 13.1 Å². The number of carbonyl (C=O) groups is 1. The molecule has 4 nitrogen and oxygen atoms in total. The molecule has 0 aliphatic carbocycles. The number of aromatic nitrogens is 2. The number of likely N-dealkylation sites (tertiary alicyclic amines) is 1. The fourth-order valence-electron chi connectivity index (χ4n) is 3.38. The highest BCUT2D eigenvalue weighted by Crippen LogP contribution is 2.29. The second kappa shape index (κ2) is 5.88. The van der Waals surface area contributed by atoms with Crippen LogP contribution in [0.15, 0.2) is 54.7 Å². The standard InChI is InChI=1S/C19H19N3O/c23-19(14-6-2-1-3-7-14)22-11-5-8-15(13-22)17-12-18-16(21-17)9-4-10-20-18/h1-4,6-7,9-10,12,15,21H,5,8,11,13H2. The van der Waals surface area contributed by atoms with Crippen LogP contribution in [0.4, 0.5) is 0 Å². The molecule has 1 N–H and O–H groups in total. The summed E-state index contributed by atoms with van der Waals surface area (Å²) in [5.41, 5.74) is 4.01. The molecule has 1 atom stereocenters. The molecule has 1 unspecified atom stereocenters. The van der Waals surface area contributed by atoms with Crippen LogP contribution in [0.3, 0.4) is 0 Å². The molecular weight excluding hydrogens is 286 g/mol. The molecule has 3 heterocycles. The highest BCUT2D eigenvalue weighted by Gasteiger charge is 2.26. The van der Waals surface area contributed by atoms with Crippen molar-refractivity contribution in [3.63, 3.8) is 0 Å². The van der Waals surface area contributed by atoms with Gasteiger partial charge in [-0.15, -0.1) is 0 Å². The predicted molar refractivity (Wildman–Crippen MR) is 90.4 cm³/mol. The lowest BCUT2D eigenvalue weighted by molar-refractivity contribution is 0.0706. The van der Waals surface area contributed by atoms with E-state index in [1.165, 1.54) is 5.69 Å². The smallest absolute Gasteiger partial charge is 0.253 e. The molecule has 4 rings (SSSR count). The number of hydrogen-bond donors (Lipinski definition) is 1. The number of nitrogens with zero attached hydrogens (tertiary/aromatic N) is 2. The van der Waals surface area contributed by atoms with E-state index in [2.05, 4.69) is 16.0 Å². The highest BCUT2D eigenvalue weighted by molar-refractivity contribution is 5.94. The van der Waals surface area contributed by atoms with Crippen LogP contribution >= 0.6 is 0 Å². The van der Waals surface area contributed by atoms with Crippen molar-refractivity contribution in [1.29, 1.82) is 0 Å². The molecular formula is C19H19N3O. The van der Waals surface area contributed by atoms with Gasteiger partial charge in [0.05, 0.1) is 11.0 Å². The average molecular weight is 305 g/mol. The van der Waals surface area contributed by atoms with E-state index in [1.807, 2.05) is 53.6 Å². The van der Waals surface area contributed by atoms with Crippen molar-refractivity contribution >= 4 is 16.9 Å². The zero-order valence-electron chi connectivity index (χ0n) is 12.9. The Labute approximate surface area is 135 Å². The molecule has 1 amide bonds. The van der Waals surface area contributed by atoms with E-state index in [-0.39, 0.29) is 5.91 Å². The first kappa shape index (κ1) is 14.0. The largest absolute Gasteiger partial charge is 0.357 e. The number of benzene rings is 1. The van der Waals surface area contributed by atoms with E-state index in [4.69, 9.17) is 0 Å². The van der Waals surface area contributed by atoms with Gasteiger partial charge in [-0.3, -0.25) is 9.78 Å².